The monoisotopic (exact) mass is 359 g/mol. The molecule has 1 unspecified atom stereocenters. The Labute approximate surface area is 155 Å². The van der Waals surface area contributed by atoms with E-state index in [0.29, 0.717) is 25.6 Å². The van der Waals surface area contributed by atoms with Gasteiger partial charge in [-0.3, -0.25) is 0 Å². The Balaban J connectivity index is 1.49. The second-order valence-corrected chi connectivity index (χ2v) is 7.16. The van der Waals surface area contributed by atoms with Crippen molar-refractivity contribution in [2.45, 2.75) is 51.1 Å². The number of carbonyl (C=O) groups is 2. The van der Waals surface area contributed by atoms with Crippen LogP contribution in [0.5, 0.6) is 0 Å². The molecule has 3 amide bonds. The lowest BCUT2D eigenvalue weighted by Gasteiger charge is -2.36. The predicted molar refractivity (Wildman–Crippen MR) is 99.8 cm³/mol. The van der Waals surface area contributed by atoms with Gasteiger partial charge >= 0.3 is 12.1 Å². The molecule has 6 heteroatoms. The fourth-order valence-electron chi connectivity index (χ4n) is 3.70. The summed E-state index contributed by atoms with van der Waals surface area (Å²) in [6.07, 6.45) is 4.82. The highest BCUT2D eigenvalue weighted by atomic mass is 16.6. The summed E-state index contributed by atoms with van der Waals surface area (Å²) in [4.78, 5) is 26.0. The molecular weight excluding hydrogens is 330 g/mol. The number of ether oxygens (including phenoxy) is 1. The quantitative estimate of drug-likeness (QED) is 0.846. The third-order valence-electron chi connectivity index (χ3n) is 5.42. The predicted octanol–water partition coefficient (Wildman–Crippen LogP) is 3.45. The van der Waals surface area contributed by atoms with Gasteiger partial charge < -0.3 is 20.3 Å². The van der Waals surface area contributed by atoms with Crippen LogP contribution < -0.4 is 10.6 Å². The molecular formula is C20H29N3O3. The van der Waals surface area contributed by atoms with Gasteiger partial charge in [0.05, 0.1) is 12.6 Å². The maximum Gasteiger partial charge on any atom is 0.409 e. The van der Waals surface area contributed by atoms with Crippen LogP contribution in [0.2, 0.25) is 0 Å². The van der Waals surface area contributed by atoms with E-state index in [0.717, 1.165) is 25.7 Å². The first-order valence-electron chi connectivity index (χ1n) is 9.71. The SMILES string of the molecule is CCOC(=O)N1CCC(NC(=O)NC(c2ccccc2)C2CCC2)CC1. The van der Waals surface area contributed by atoms with Crippen molar-refractivity contribution in [3.8, 4) is 0 Å². The van der Waals surface area contributed by atoms with Gasteiger partial charge in [-0.05, 0) is 44.1 Å². The van der Waals surface area contributed by atoms with Gasteiger partial charge in [-0.1, -0.05) is 36.8 Å². The zero-order valence-corrected chi connectivity index (χ0v) is 15.4. The number of benzene rings is 1. The number of hydrogen-bond acceptors (Lipinski definition) is 3. The lowest BCUT2D eigenvalue weighted by Crippen LogP contribution is -2.50. The highest BCUT2D eigenvalue weighted by Crippen LogP contribution is 2.37. The molecule has 1 aliphatic carbocycles. The fraction of sp³-hybridized carbons (Fsp3) is 0.600. The molecule has 1 aromatic carbocycles. The number of likely N-dealkylation sites (tertiary alicyclic amines) is 1. The van der Waals surface area contributed by atoms with Gasteiger partial charge in [-0.15, -0.1) is 0 Å². The number of amides is 3. The van der Waals surface area contributed by atoms with Gasteiger partial charge in [-0.2, -0.15) is 0 Å². The van der Waals surface area contributed by atoms with Crippen LogP contribution in [0.1, 0.15) is 50.6 Å². The van der Waals surface area contributed by atoms with Gasteiger partial charge in [-0.25, -0.2) is 9.59 Å². The fourth-order valence-corrected chi connectivity index (χ4v) is 3.70. The van der Waals surface area contributed by atoms with Gasteiger partial charge in [0, 0.05) is 19.1 Å². The summed E-state index contributed by atoms with van der Waals surface area (Å²) in [5, 5.41) is 6.27. The van der Waals surface area contributed by atoms with E-state index in [1.54, 1.807) is 4.90 Å². The standard InChI is InChI=1S/C20H29N3O3/c1-2-26-20(25)23-13-11-17(12-14-23)21-19(24)22-18(16-9-6-10-16)15-7-4-3-5-8-15/h3-5,7-8,16-18H,2,6,9-14H2,1H3,(H2,21,22,24). The molecule has 3 rings (SSSR count). The van der Waals surface area contributed by atoms with Gasteiger partial charge in [0.25, 0.3) is 0 Å². The molecule has 2 N–H and O–H groups in total. The molecule has 0 bridgehead atoms. The highest BCUT2D eigenvalue weighted by Gasteiger charge is 2.31. The minimum Gasteiger partial charge on any atom is -0.450 e. The van der Waals surface area contributed by atoms with Crippen molar-refractivity contribution in [2.24, 2.45) is 5.92 Å². The molecule has 6 nitrogen and oxygen atoms in total. The normalized spacial score (nSPS) is 19.3. The first-order chi connectivity index (χ1) is 12.7. The topological polar surface area (TPSA) is 70.7 Å². The van der Waals surface area contributed by atoms with Crippen molar-refractivity contribution >= 4 is 12.1 Å². The van der Waals surface area contributed by atoms with Crippen molar-refractivity contribution < 1.29 is 14.3 Å². The molecule has 142 valence electrons. The summed E-state index contributed by atoms with van der Waals surface area (Å²) in [5.41, 5.74) is 1.17. The van der Waals surface area contributed by atoms with Crippen LogP contribution in [0.4, 0.5) is 9.59 Å². The van der Waals surface area contributed by atoms with Gasteiger partial charge in [0.2, 0.25) is 0 Å². The minimum atomic E-state index is -0.260. The van der Waals surface area contributed by atoms with E-state index in [-0.39, 0.29) is 24.2 Å². The number of nitrogens with one attached hydrogen (secondary N) is 2. The molecule has 1 saturated carbocycles. The second kappa shape index (κ2) is 8.92. The van der Waals surface area contributed by atoms with Crippen molar-refractivity contribution in [3.63, 3.8) is 0 Å². The third kappa shape index (κ3) is 4.68. The summed E-state index contributed by atoms with van der Waals surface area (Å²) in [5.74, 6) is 0.522. The summed E-state index contributed by atoms with van der Waals surface area (Å²) in [6, 6.07) is 10.3. The molecule has 2 fully saturated rings. The van der Waals surface area contributed by atoms with Crippen LogP contribution in [-0.4, -0.2) is 42.8 Å². The Morgan fingerprint density at radius 3 is 2.42 bits per heavy atom. The van der Waals surface area contributed by atoms with Crippen LogP contribution >= 0.6 is 0 Å². The van der Waals surface area contributed by atoms with Crippen LogP contribution in [0.25, 0.3) is 0 Å². The van der Waals surface area contributed by atoms with Crippen LogP contribution in [-0.2, 0) is 4.74 Å². The number of hydrogen-bond donors (Lipinski definition) is 2. The number of urea groups is 1. The number of nitrogens with zero attached hydrogens (tertiary/aromatic N) is 1. The van der Waals surface area contributed by atoms with E-state index in [2.05, 4.69) is 22.8 Å². The maximum atomic E-state index is 12.5. The Kier molecular flexibility index (Phi) is 6.36. The van der Waals surface area contributed by atoms with Crippen molar-refractivity contribution in [1.29, 1.82) is 0 Å². The van der Waals surface area contributed by atoms with Gasteiger partial charge in [0.15, 0.2) is 0 Å². The summed E-state index contributed by atoms with van der Waals surface area (Å²) in [7, 11) is 0. The molecule has 2 aliphatic rings. The van der Waals surface area contributed by atoms with Crippen LogP contribution in [0, 0.1) is 5.92 Å². The first-order valence-corrected chi connectivity index (χ1v) is 9.71. The van der Waals surface area contributed by atoms with Crippen LogP contribution in [0.3, 0.4) is 0 Å². The smallest absolute Gasteiger partial charge is 0.409 e. The lowest BCUT2D eigenvalue weighted by molar-refractivity contribution is 0.0956. The Hall–Kier alpha value is -2.24. The number of piperidine rings is 1. The Morgan fingerprint density at radius 2 is 1.85 bits per heavy atom. The molecule has 26 heavy (non-hydrogen) atoms. The maximum absolute atomic E-state index is 12.5. The number of carbonyl (C=O) groups excluding carboxylic acids is 2. The number of rotatable bonds is 5. The van der Waals surface area contributed by atoms with Gasteiger partial charge in [0.1, 0.15) is 0 Å². The summed E-state index contributed by atoms with van der Waals surface area (Å²) >= 11 is 0. The summed E-state index contributed by atoms with van der Waals surface area (Å²) < 4.78 is 5.03. The van der Waals surface area contributed by atoms with Crippen molar-refractivity contribution in [1.82, 2.24) is 15.5 Å². The zero-order chi connectivity index (χ0) is 18.4. The average molecular weight is 359 g/mol. The minimum absolute atomic E-state index is 0.0737. The highest BCUT2D eigenvalue weighted by molar-refractivity contribution is 5.75. The lowest BCUT2D eigenvalue weighted by atomic mass is 9.77. The van der Waals surface area contributed by atoms with Crippen molar-refractivity contribution in [3.05, 3.63) is 35.9 Å². The van der Waals surface area contributed by atoms with Crippen molar-refractivity contribution in [2.75, 3.05) is 19.7 Å². The van der Waals surface area contributed by atoms with E-state index >= 15 is 0 Å². The molecule has 0 radical (unpaired) electrons. The Bertz CT molecular complexity index is 596. The molecule has 1 aliphatic heterocycles. The van der Waals surface area contributed by atoms with E-state index in [1.165, 1.54) is 12.0 Å². The third-order valence-corrected chi connectivity index (χ3v) is 5.42. The molecule has 0 spiro atoms. The second-order valence-electron chi connectivity index (χ2n) is 7.16. The molecule has 1 heterocycles. The average Bonchev–Trinajstić information content (AvgIpc) is 2.61. The van der Waals surface area contributed by atoms with Crippen LogP contribution in [0.15, 0.2) is 30.3 Å². The molecule has 1 saturated heterocycles. The van der Waals surface area contributed by atoms with E-state index in [9.17, 15) is 9.59 Å². The largest absolute Gasteiger partial charge is 0.450 e. The summed E-state index contributed by atoms with van der Waals surface area (Å²) in [6.45, 7) is 3.44. The molecule has 1 aromatic rings. The molecule has 1 atom stereocenters. The Morgan fingerprint density at radius 1 is 1.15 bits per heavy atom. The first kappa shape index (κ1) is 18.5. The molecule has 0 aromatic heterocycles. The van der Waals surface area contributed by atoms with E-state index in [1.807, 2.05) is 25.1 Å². The van der Waals surface area contributed by atoms with E-state index < -0.39 is 0 Å². The van der Waals surface area contributed by atoms with E-state index in [4.69, 9.17) is 4.74 Å². The zero-order valence-electron chi connectivity index (χ0n) is 15.4.